The molecular weight excluding hydrogens is 1050 g/mol. The highest BCUT2D eigenvalue weighted by atomic mass is 32.2. The molecule has 11 N–H and O–H groups in total. The number of nitrogens with zero attached hydrogens (tertiary/aromatic N) is 7. The van der Waals surface area contributed by atoms with Gasteiger partial charge in [0.2, 0.25) is 0 Å². The van der Waals surface area contributed by atoms with Crippen molar-refractivity contribution >= 4 is 91.3 Å². The van der Waals surface area contributed by atoms with E-state index in [4.69, 9.17) is 19.9 Å². The number of aromatic hydroxyl groups is 1. The number of aliphatic hydroxyl groups is 2. The molecule has 0 unspecified atom stereocenters. The first kappa shape index (κ1) is 53.7. The van der Waals surface area contributed by atoms with Gasteiger partial charge in [0, 0.05) is 29.4 Å². The van der Waals surface area contributed by atoms with Crippen molar-refractivity contribution in [3.63, 3.8) is 0 Å². The average Bonchev–Trinajstić information content (AvgIpc) is 3.64. The summed E-state index contributed by atoms with van der Waals surface area (Å²) in [5.41, 5.74) is -0.664. The molecule has 0 spiro atoms. The van der Waals surface area contributed by atoms with Crippen LogP contribution in [0.1, 0.15) is 10.5 Å². The lowest BCUT2D eigenvalue weighted by Gasteiger charge is -2.14. The van der Waals surface area contributed by atoms with Gasteiger partial charge in [-0.3, -0.25) is 28.1 Å². The maximum absolute atomic E-state index is 13.4. The summed E-state index contributed by atoms with van der Waals surface area (Å²) in [7, 11) is -20.7. The molecule has 0 saturated carbocycles. The van der Waals surface area contributed by atoms with Gasteiger partial charge >= 0.3 is 5.97 Å². The van der Waals surface area contributed by atoms with E-state index < -0.39 is 137 Å². The van der Waals surface area contributed by atoms with E-state index in [0.717, 1.165) is 54.6 Å². The first-order valence-electron chi connectivity index (χ1n) is 19.6. The number of aliphatic hydroxyl groups excluding tert-OH is 2. The lowest BCUT2D eigenvalue weighted by molar-refractivity contribution is 0.0690. The molecule has 0 amide bonds. The van der Waals surface area contributed by atoms with Crippen LogP contribution in [-0.2, 0) is 40.5 Å². The number of ether oxygens (including phenoxy) is 3. The molecule has 382 valence electrons. The number of H-pyrrole nitrogens is 1. The first-order valence-corrected chi connectivity index (χ1v) is 25.3. The van der Waals surface area contributed by atoms with Crippen molar-refractivity contribution in [2.24, 2.45) is 36.4 Å². The van der Waals surface area contributed by atoms with E-state index in [9.17, 15) is 81.9 Å². The molecule has 6 aromatic rings. The number of aromatic carboxylic acids is 1. The van der Waals surface area contributed by atoms with E-state index in [-0.39, 0.29) is 53.1 Å². The topological polar surface area (TPSA) is 481 Å². The fourth-order valence-corrected chi connectivity index (χ4v) is 8.85. The number of aromatic amines is 1. The van der Waals surface area contributed by atoms with Crippen LogP contribution in [0.25, 0.3) is 16.5 Å². The molecule has 6 rings (SSSR count). The van der Waals surface area contributed by atoms with Crippen molar-refractivity contribution in [1.82, 2.24) is 9.78 Å². The SMILES string of the molecule is NCCOc1ccc(N=Nc2cc(OCCO)c(N=Nc3c(S(=O)(=O)O)cc4c(S(=O)(=O)O)c(N=Nc5c(C(=O)O)[nH]n(-c6ccc(S(=O)(=O)O)cc6)c5=O)ccc4c3O)cc2OCCO)cc1S(=O)(=O)O. The van der Waals surface area contributed by atoms with Crippen molar-refractivity contribution in [3.05, 3.63) is 88.8 Å². The molecule has 0 aliphatic rings. The van der Waals surface area contributed by atoms with Gasteiger partial charge in [-0.05, 0) is 60.7 Å². The van der Waals surface area contributed by atoms with Crippen molar-refractivity contribution < 1.29 is 91.3 Å². The minimum Gasteiger partial charge on any atom is -0.505 e. The molecule has 0 aliphatic carbocycles. The van der Waals surface area contributed by atoms with E-state index in [0.29, 0.717) is 10.7 Å². The van der Waals surface area contributed by atoms with Gasteiger partial charge in [0.15, 0.2) is 17.1 Å². The first-order chi connectivity index (χ1) is 33.8. The molecular formula is C38H35N9O21S4. The number of carboxylic acids is 1. The second-order valence-electron chi connectivity index (χ2n) is 14.1. The Hall–Kier alpha value is -7.64. The summed E-state index contributed by atoms with van der Waals surface area (Å²) in [6.07, 6.45) is 0. The Labute approximate surface area is 404 Å². The molecule has 0 bridgehead atoms. The van der Waals surface area contributed by atoms with Gasteiger partial charge in [-0.2, -0.15) is 38.8 Å². The molecule has 1 aromatic heterocycles. The number of carboxylic acid groups (broad SMARTS) is 1. The summed E-state index contributed by atoms with van der Waals surface area (Å²) in [5, 5.41) is 63.9. The van der Waals surface area contributed by atoms with Crippen molar-refractivity contribution in [2.75, 3.05) is 39.6 Å². The predicted octanol–water partition coefficient (Wildman–Crippen LogP) is 4.04. The van der Waals surface area contributed by atoms with Crippen LogP contribution in [0.15, 0.2) is 128 Å². The zero-order chi connectivity index (χ0) is 52.9. The summed E-state index contributed by atoms with van der Waals surface area (Å²) in [6.45, 7) is -2.08. The van der Waals surface area contributed by atoms with Gasteiger partial charge in [0.1, 0.15) is 74.5 Å². The van der Waals surface area contributed by atoms with Crippen molar-refractivity contribution in [1.29, 1.82) is 0 Å². The van der Waals surface area contributed by atoms with E-state index >= 15 is 0 Å². The second-order valence-corrected chi connectivity index (χ2v) is 19.6. The third-order valence-electron chi connectivity index (χ3n) is 9.28. The van der Waals surface area contributed by atoms with Crippen molar-refractivity contribution in [2.45, 2.75) is 19.6 Å². The Morgan fingerprint density at radius 1 is 0.597 bits per heavy atom. The number of fused-ring (bicyclic) bond motifs is 1. The van der Waals surface area contributed by atoms with Crippen LogP contribution in [0, 0.1) is 0 Å². The monoisotopic (exact) mass is 1080 g/mol. The normalized spacial score (nSPS) is 12.7. The fourth-order valence-electron chi connectivity index (χ4n) is 6.25. The van der Waals surface area contributed by atoms with Crippen LogP contribution in [0.4, 0.5) is 34.1 Å². The maximum atomic E-state index is 13.4. The van der Waals surface area contributed by atoms with Crippen molar-refractivity contribution in [3.8, 4) is 28.7 Å². The molecule has 34 heteroatoms. The number of phenols is 1. The Balaban J connectivity index is 1.47. The molecule has 5 aromatic carbocycles. The number of hydrogen-bond donors (Lipinski definition) is 10. The number of nitrogens with one attached hydrogen (secondary N) is 1. The van der Waals surface area contributed by atoms with E-state index in [2.05, 4.69) is 35.8 Å². The molecule has 1 heterocycles. The minimum atomic E-state index is -5.58. The Morgan fingerprint density at radius 3 is 1.68 bits per heavy atom. The highest BCUT2D eigenvalue weighted by Gasteiger charge is 2.29. The van der Waals surface area contributed by atoms with Crippen LogP contribution in [0.5, 0.6) is 23.0 Å². The summed E-state index contributed by atoms with van der Waals surface area (Å²) in [6, 6.07) is 11.3. The third kappa shape index (κ3) is 12.1. The minimum absolute atomic E-state index is 0.0101. The van der Waals surface area contributed by atoms with Crippen LogP contribution in [-0.4, -0.2) is 128 Å². The summed E-state index contributed by atoms with van der Waals surface area (Å²) < 4.78 is 155. The Kier molecular flexibility index (Phi) is 15.9. The van der Waals surface area contributed by atoms with Crippen LogP contribution >= 0.6 is 0 Å². The Bertz CT molecular complexity index is 3730. The summed E-state index contributed by atoms with van der Waals surface area (Å²) in [4.78, 5) is 21.6. The smallest absolute Gasteiger partial charge is 0.356 e. The standard InChI is InChI=1S/C38H35N9O21S4/c39-9-12-66-27-8-1-19(15-30(27)70(57,58)59)40-42-25-17-29(68-14-11-49)26(18-28(25)67-13-10-48)43-44-32-31(71(60,61)62)16-23-22(35(32)50)6-7-24(36(23)72(63,64)65)41-45-33-34(38(52)53)46-47(37(33)51)20-2-4-21(5-3-20)69(54,55)56/h1-8,15-18,46,48-50H,9-14,39H2,(H,52,53)(H,54,55,56)(H,57,58,59)(H,60,61,62)(H,63,64,65). The number of hydrogen-bond acceptors (Lipinski definition) is 23. The number of azo groups is 3. The zero-order valence-corrected chi connectivity index (χ0v) is 39.2. The summed E-state index contributed by atoms with van der Waals surface area (Å²) in [5.74, 6) is -3.83. The van der Waals surface area contributed by atoms with Gasteiger partial charge in [0.05, 0.1) is 29.5 Å². The number of carbonyl (C=O) groups is 1. The highest BCUT2D eigenvalue weighted by Crippen LogP contribution is 2.47. The molecule has 0 fully saturated rings. The van der Waals surface area contributed by atoms with E-state index in [1.165, 1.54) is 12.1 Å². The van der Waals surface area contributed by atoms with Crippen LogP contribution in [0.2, 0.25) is 0 Å². The Morgan fingerprint density at radius 2 is 1.15 bits per heavy atom. The molecule has 0 atom stereocenters. The molecule has 0 aliphatic heterocycles. The molecule has 0 saturated heterocycles. The number of rotatable bonds is 21. The van der Waals surface area contributed by atoms with Crippen LogP contribution in [0.3, 0.4) is 0 Å². The van der Waals surface area contributed by atoms with Gasteiger partial charge in [0.25, 0.3) is 46.0 Å². The summed E-state index contributed by atoms with van der Waals surface area (Å²) >= 11 is 0. The second kappa shape index (κ2) is 21.4. The molecule has 30 nitrogen and oxygen atoms in total. The predicted molar refractivity (Wildman–Crippen MR) is 243 cm³/mol. The average molecular weight is 1080 g/mol. The van der Waals surface area contributed by atoms with Gasteiger partial charge in [-0.25, -0.2) is 9.48 Å². The van der Waals surface area contributed by atoms with Crippen LogP contribution < -0.4 is 25.5 Å². The quantitative estimate of drug-likeness (QED) is 0.0359. The highest BCUT2D eigenvalue weighted by molar-refractivity contribution is 7.87. The third-order valence-corrected chi connectivity index (χ3v) is 12.8. The number of benzene rings is 5. The number of phenolic OH excluding ortho intramolecular Hbond substituents is 1. The van der Waals surface area contributed by atoms with Gasteiger partial charge < -0.3 is 40.4 Å². The fraction of sp³-hybridized carbons (Fsp3) is 0.158. The lowest BCUT2D eigenvalue weighted by atomic mass is 10.1. The maximum Gasteiger partial charge on any atom is 0.356 e. The number of nitrogens with two attached hydrogens (primary N) is 1. The number of aromatic nitrogens is 2. The lowest BCUT2D eigenvalue weighted by Crippen LogP contribution is -2.14. The molecule has 0 radical (unpaired) electrons. The van der Waals surface area contributed by atoms with E-state index in [1.807, 2.05) is 0 Å². The van der Waals surface area contributed by atoms with E-state index in [1.54, 1.807) is 0 Å². The zero-order valence-electron chi connectivity index (χ0n) is 35.9. The molecule has 72 heavy (non-hydrogen) atoms. The van der Waals surface area contributed by atoms with Gasteiger partial charge in [-0.1, -0.05) is 0 Å². The largest absolute Gasteiger partial charge is 0.505 e. The van der Waals surface area contributed by atoms with Gasteiger partial charge in [-0.15, -0.1) is 25.6 Å².